The van der Waals surface area contributed by atoms with Crippen LogP contribution in [-0.4, -0.2) is 23.9 Å². The maximum atomic E-state index is 13.6. The minimum Gasteiger partial charge on any atom is -0.322 e. The molecule has 0 saturated heterocycles. The summed E-state index contributed by atoms with van der Waals surface area (Å²) in [5.41, 5.74) is 0.223. The number of hydrogen-bond donors (Lipinski definition) is 1. The molecule has 0 saturated carbocycles. The molecule has 0 aromatic heterocycles. The highest BCUT2D eigenvalue weighted by Crippen LogP contribution is 2.20. The monoisotopic (exact) mass is 340 g/mol. The maximum Gasteiger partial charge on any atom is 0.241 e. The fourth-order valence-electron chi connectivity index (χ4n) is 2.12. The fourth-order valence-corrected chi connectivity index (χ4v) is 2.12. The van der Waals surface area contributed by atoms with Crippen LogP contribution in [0.4, 0.5) is 23.2 Å². The highest BCUT2D eigenvalue weighted by molar-refractivity contribution is 5.94. The molecule has 0 fully saturated rings. The van der Waals surface area contributed by atoms with Gasteiger partial charge in [0.25, 0.3) is 0 Å². The third-order valence-corrected chi connectivity index (χ3v) is 3.65. The predicted octanol–water partition coefficient (Wildman–Crippen LogP) is 3.70. The van der Waals surface area contributed by atoms with Crippen LogP contribution in [0.2, 0.25) is 0 Å². The Balaban J connectivity index is 2.05. The second-order valence-corrected chi connectivity index (χ2v) is 5.43. The fraction of sp³-hybridized carbons (Fsp3) is 0.235. The first kappa shape index (κ1) is 17.9. The zero-order chi connectivity index (χ0) is 17.9. The number of likely N-dealkylation sites (N-methyl/N-ethyl adjacent to an activating group) is 1. The maximum absolute atomic E-state index is 13.6. The molecule has 0 bridgehead atoms. The molecule has 3 nitrogen and oxygen atoms in total. The smallest absolute Gasteiger partial charge is 0.241 e. The van der Waals surface area contributed by atoms with Crippen molar-refractivity contribution in [3.05, 3.63) is 65.2 Å². The summed E-state index contributed by atoms with van der Waals surface area (Å²) in [6.45, 7) is 1.85. The average Bonchev–Trinajstić information content (AvgIpc) is 2.54. The Hall–Kier alpha value is -2.41. The SMILES string of the molecule is C[C@@H](C(=O)Nc1ccc(F)c(F)c1F)N(C)Cc1cccc(F)c1. The van der Waals surface area contributed by atoms with Crippen molar-refractivity contribution in [2.45, 2.75) is 19.5 Å². The zero-order valence-electron chi connectivity index (χ0n) is 13.1. The van der Waals surface area contributed by atoms with Gasteiger partial charge in [-0.3, -0.25) is 9.69 Å². The van der Waals surface area contributed by atoms with Crippen LogP contribution in [0.1, 0.15) is 12.5 Å². The van der Waals surface area contributed by atoms with Crippen LogP contribution in [0, 0.1) is 23.3 Å². The van der Waals surface area contributed by atoms with Gasteiger partial charge in [0, 0.05) is 6.54 Å². The Morgan fingerprint density at radius 3 is 2.50 bits per heavy atom. The van der Waals surface area contributed by atoms with Crippen molar-refractivity contribution < 1.29 is 22.4 Å². The number of carbonyl (C=O) groups is 1. The second kappa shape index (κ2) is 7.44. The van der Waals surface area contributed by atoms with E-state index in [-0.39, 0.29) is 12.4 Å². The Kier molecular flexibility index (Phi) is 5.56. The summed E-state index contributed by atoms with van der Waals surface area (Å²) in [5, 5.41) is 2.22. The molecule has 0 heterocycles. The number of nitrogens with one attached hydrogen (secondary N) is 1. The lowest BCUT2D eigenvalue weighted by atomic mass is 10.1. The summed E-state index contributed by atoms with van der Waals surface area (Å²) in [6, 6.07) is 6.89. The van der Waals surface area contributed by atoms with Crippen LogP contribution < -0.4 is 5.32 Å². The van der Waals surface area contributed by atoms with Crippen molar-refractivity contribution >= 4 is 11.6 Å². The molecule has 2 rings (SSSR count). The first-order valence-corrected chi connectivity index (χ1v) is 7.18. The lowest BCUT2D eigenvalue weighted by Crippen LogP contribution is -2.39. The van der Waals surface area contributed by atoms with E-state index in [9.17, 15) is 22.4 Å². The van der Waals surface area contributed by atoms with Gasteiger partial charge < -0.3 is 5.32 Å². The summed E-state index contributed by atoms with van der Waals surface area (Å²) in [7, 11) is 1.64. The van der Waals surface area contributed by atoms with E-state index in [0.29, 0.717) is 5.56 Å². The zero-order valence-corrected chi connectivity index (χ0v) is 13.1. The number of anilines is 1. The summed E-state index contributed by atoms with van der Waals surface area (Å²) >= 11 is 0. The third-order valence-electron chi connectivity index (χ3n) is 3.65. The Labute approximate surface area is 136 Å². The lowest BCUT2D eigenvalue weighted by Gasteiger charge is -2.24. The van der Waals surface area contributed by atoms with Crippen LogP contribution in [0.5, 0.6) is 0 Å². The van der Waals surface area contributed by atoms with Gasteiger partial charge in [0.05, 0.1) is 11.7 Å². The van der Waals surface area contributed by atoms with Crippen LogP contribution >= 0.6 is 0 Å². The molecule has 0 spiro atoms. The molecule has 0 aliphatic heterocycles. The predicted molar refractivity (Wildman–Crippen MR) is 82.3 cm³/mol. The van der Waals surface area contributed by atoms with Crippen molar-refractivity contribution in [2.24, 2.45) is 0 Å². The van der Waals surface area contributed by atoms with E-state index in [0.717, 1.165) is 12.1 Å². The molecule has 0 radical (unpaired) electrons. The Morgan fingerprint density at radius 1 is 1.12 bits per heavy atom. The number of halogens is 4. The van der Waals surface area contributed by atoms with E-state index in [4.69, 9.17) is 0 Å². The molecular weight excluding hydrogens is 324 g/mol. The minimum atomic E-state index is -1.64. The van der Waals surface area contributed by atoms with E-state index in [2.05, 4.69) is 5.32 Å². The van der Waals surface area contributed by atoms with Gasteiger partial charge in [-0.1, -0.05) is 12.1 Å². The van der Waals surface area contributed by atoms with Crippen molar-refractivity contribution in [3.63, 3.8) is 0 Å². The molecule has 24 heavy (non-hydrogen) atoms. The van der Waals surface area contributed by atoms with Crippen molar-refractivity contribution in [3.8, 4) is 0 Å². The van der Waals surface area contributed by atoms with E-state index < -0.39 is 35.1 Å². The van der Waals surface area contributed by atoms with Crippen molar-refractivity contribution in [1.29, 1.82) is 0 Å². The Morgan fingerprint density at radius 2 is 1.83 bits per heavy atom. The second-order valence-electron chi connectivity index (χ2n) is 5.43. The number of carbonyl (C=O) groups excluding carboxylic acids is 1. The van der Waals surface area contributed by atoms with Crippen LogP contribution in [0.3, 0.4) is 0 Å². The van der Waals surface area contributed by atoms with Crippen molar-refractivity contribution in [2.75, 3.05) is 12.4 Å². The molecule has 2 aromatic carbocycles. The topological polar surface area (TPSA) is 32.3 Å². The number of rotatable bonds is 5. The molecule has 0 unspecified atom stereocenters. The van der Waals surface area contributed by atoms with Gasteiger partial charge in [0.15, 0.2) is 17.5 Å². The van der Waals surface area contributed by atoms with Gasteiger partial charge in [-0.15, -0.1) is 0 Å². The molecule has 1 amide bonds. The number of hydrogen-bond acceptors (Lipinski definition) is 2. The first-order valence-electron chi connectivity index (χ1n) is 7.18. The number of benzene rings is 2. The minimum absolute atomic E-state index is 0.284. The van der Waals surface area contributed by atoms with Gasteiger partial charge in [0.2, 0.25) is 5.91 Å². The number of amides is 1. The number of nitrogens with zero attached hydrogens (tertiary/aromatic N) is 1. The summed E-state index contributed by atoms with van der Waals surface area (Å²) < 4.78 is 52.8. The van der Waals surface area contributed by atoms with Crippen LogP contribution in [0.15, 0.2) is 36.4 Å². The van der Waals surface area contributed by atoms with Gasteiger partial charge in [-0.25, -0.2) is 17.6 Å². The highest BCUT2D eigenvalue weighted by Gasteiger charge is 2.21. The Bertz CT molecular complexity index is 751. The quantitative estimate of drug-likeness (QED) is 0.665. The van der Waals surface area contributed by atoms with Crippen LogP contribution in [0.25, 0.3) is 0 Å². The van der Waals surface area contributed by atoms with Gasteiger partial charge >= 0.3 is 0 Å². The molecule has 7 heteroatoms. The molecule has 0 aliphatic rings. The van der Waals surface area contributed by atoms with E-state index in [1.54, 1.807) is 31.0 Å². The largest absolute Gasteiger partial charge is 0.322 e. The summed E-state index contributed by atoms with van der Waals surface area (Å²) in [4.78, 5) is 13.8. The summed E-state index contributed by atoms with van der Waals surface area (Å²) in [5.74, 6) is -5.42. The summed E-state index contributed by atoms with van der Waals surface area (Å²) in [6.07, 6.45) is 0. The van der Waals surface area contributed by atoms with Crippen LogP contribution in [-0.2, 0) is 11.3 Å². The lowest BCUT2D eigenvalue weighted by molar-refractivity contribution is -0.120. The molecule has 1 N–H and O–H groups in total. The molecule has 2 aromatic rings. The standard InChI is InChI=1S/C17H16F4N2O/c1-10(23(2)9-11-4-3-5-12(18)8-11)17(24)22-14-7-6-13(19)15(20)16(14)21/h3-8,10H,9H2,1-2H3,(H,22,24)/t10-/m0/s1. The van der Waals surface area contributed by atoms with E-state index >= 15 is 0 Å². The third kappa shape index (κ3) is 4.11. The van der Waals surface area contributed by atoms with Gasteiger partial charge in [0.1, 0.15) is 5.82 Å². The highest BCUT2D eigenvalue weighted by atomic mass is 19.2. The van der Waals surface area contributed by atoms with E-state index in [1.165, 1.54) is 12.1 Å². The molecule has 128 valence electrons. The van der Waals surface area contributed by atoms with Gasteiger partial charge in [-0.2, -0.15) is 0 Å². The first-order chi connectivity index (χ1) is 11.3. The molecule has 1 atom stereocenters. The van der Waals surface area contributed by atoms with E-state index in [1.807, 2.05) is 0 Å². The molecular formula is C17H16F4N2O. The average molecular weight is 340 g/mol. The van der Waals surface area contributed by atoms with Gasteiger partial charge in [-0.05, 0) is 43.8 Å². The van der Waals surface area contributed by atoms with Crippen molar-refractivity contribution in [1.82, 2.24) is 4.90 Å². The molecule has 0 aliphatic carbocycles. The normalized spacial score (nSPS) is 12.3.